The first-order valence-corrected chi connectivity index (χ1v) is 5.06. The summed E-state index contributed by atoms with van der Waals surface area (Å²) in [7, 11) is 3.23. The van der Waals surface area contributed by atoms with Gasteiger partial charge in [0.25, 0.3) is 0 Å². The second kappa shape index (κ2) is 6.84. The number of hydrogen-bond donors (Lipinski definition) is 4. The van der Waals surface area contributed by atoms with Crippen molar-refractivity contribution in [3.8, 4) is 0 Å². The third kappa shape index (κ3) is 4.39. The quantitative estimate of drug-likeness (QED) is 0.370. The van der Waals surface area contributed by atoms with Gasteiger partial charge in [0.05, 0.1) is 12.7 Å². The first-order valence-electron chi connectivity index (χ1n) is 5.06. The van der Waals surface area contributed by atoms with Crippen molar-refractivity contribution in [2.24, 2.45) is 5.84 Å². The van der Waals surface area contributed by atoms with Gasteiger partial charge in [-0.05, 0) is 0 Å². The number of ether oxygens (including phenoxy) is 2. The van der Waals surface area contributed by atoms with Crippen LogP contribution in [0.1, 0.15) is 0 Å². The van der Waals surface area contributed by atoms with E-state index in [0.29, 0.717) is 24.8 Å². The maximum Gasteiger partial charge on any atom is 0.223 e. The zero-order valence-electron chi connectivity index (χ0n) is 9.93. The summed E-state index contributed by atoms with van der Waals surface area (Å²) in [6, 6.07) is 1.65. The topological polar surface area (TPSA) is 120 Å². The van der Waals surface area contributed by atoms with Gasteiger partial charge in [-0.3, -0.25) is 0 Å². The van der Waals surface area contributed by atoms with E-state index in [-0.39, 0.29) is 12.1 Å². The molecule has 0 aliphatic heterocycles. The van der Waals surface area contributed by atoms with Gasteiger partial charge in [0.15, 0.2) is 0 Å². The highest BCUT2D eigenvalue weighted by atomic mass is 16.5. The Morgan fingerprint density at radius 3 is 2.65 bits per heavy atom. The summed E-state index contributed by atoms with van der Waals surface area (Å²) in [4.78, 5) is 7.88. The normalized spacial score (nSPS) is 12.2. The molecule has 0 spiro atoms. The number of anilines is 3. The number of nitrogens with one attached hydrogen (secondary N) is 2. The van der Waals surface area contributed by atoms with Crippen LogP contribution in [0.15, 0.2) is 6.07 Å². The molecule has 1 heterocycles. The maximum absolute atomic E-state index is 5.52. The fourth-order valence-corrected chi connectivity index (χ4v) is 1.24. The van der Waals surface area contributed by atoms with Crippen LogP contribution in [0.4, 0.5) is 17.6 Å². The lowest BCUT2D eigenvalue weighted by Gasteiger charge is -2.15. The van der Waals surface area contributed by atoms with Gasteiger partial charge in [-0.2, -0.15) is 9.97 Å². The van der Waals surface area contributed by atoms with Crippen molar-refractivity contribution in [2.75, 3.05) is 43.8 Å². The van der Waals surface area contributed by atoms with Crippen molar-refractivity contribution in [1.82, 2.24) is 9.97 Å². The molecule has 1 atom stereocenters. The Balaban J connectivity index is 2.58. The van der Waals surface area contributed by atoms with Crippen LogP contribution in [0.5, 0.6) is 0 Å². The predicted octanol–water partition coefficient (Wildman–Crippen LogP) is -0.582. The van der Waals surface area contributed by atoms with Crippen LogP contribution in [-0.2, 0) is 9.47 Å². The Kier molecular flexibility index (Phi) is 5.40. The highest BCUT2D eigenvalue weighted by Gasteiger charge is 2.07. The second-order valence-corrected chi connectivity index (χ2v) is 3.33. The smallest absolute Gasteiger partial charge is 0.223 e. The van der Waals surface area contributed by atoms with E-state index in [2.05, 4.69) is 20.7 Å². The van der Waals surface area contributed by atoms with Gasteiger partial charge in [0.1, 0.15) is 11.6 Å². The largest absolute Gasteiger partial charge is 0.382 e. The number of nitrogen functional groups attached to an aromatic ring is 2. The number of hydrazine groups is 1. The van der Waals surface area contributed by atoms with Gasteiger partial charge in [-0.25, -0.2) is 5.84 Å². The third-order valence-electron chi connectivity index (χ3n) is 2.09. The first-order chi connectivity index (χ1) is 8.19. The fraction of sp³-hybridized carbons (Fsp3) is 0.556. The number of rotatable bonds is 7. The summed E-state index contributed by atoms with van der Waals surface area (Å²) in [5.74, 6) is 6.41. The van der Waals surface area contributed by atoms with Crippen LogP contribution in [0.25, 0.3) is 0 Å². The van der Waals surface area contributed by atoms with Gasteiger partial charge in [0, 0.05) is 26.8 Å². The first kappa shape index (κ1) is 13.4. The monoisotopic (exact) mass is 242 g/mol. The average molecular weight is 242 g/mol. The van der Waals surface area contributed by atoms with E-state index in [1.807, 2.05) is 0 Å². The molecular formula is C9H18N6O2. The molecule has 1 unspecified atom stereocenters. The molecule has 0 fully saturated rings. The van der Waals surface area contributed by atoms with E-state index < -0.39 is 0 Å². The van der Waals surface area contributed by atoms with Gasteiger partial charge < -0.3 is 25.9 Å². The number of aromatic nitrogens is 2. The summed E-state index contributed by atoms with van der Waals surface area (Å²) in [6.07, 6.45) is -0.0644. The van der Waals surface area contributed by atoms with Crippen LogP contribution >= 0.6 is 0 Å². The van der Waals surface area contributed by atoms with Gasteiger partial charge in [-0.15, -0.1) is 0 Å². The lowest BCUT2D eigenvalue weighted by atomic mass is 10.3. The summed E-state index contributed by atoms with van der Waals surface area (Å²) >= 11 is 0. The standard InChI is InChI=1S/C9H18N6O2/c1-16-5-6(17-2)4-12-7-3-8(15-11)14-9(10)13-7/h3,6H,4-5,11H2,1-2H3,(H4,10,12,13,14,15). The van der Waals surface area contributed by atoms with Crippen molar-refractivity contribution in [2.45, 2.75) is 6.10 Å². The molecule has 0 amide bonds. The molecular weight excluding hydrogens is 224 g/mol. The number of hydrogen-bond acceptors (Lipinski definition) is 8. The molecule has 6 N–H and O–H groups in total. The van der Waals surface area contributed by atoms with Crippen LogP contribution < -0.4 is 22.3 Å². The van der Waals surface area contributed by atoms with Crippen molar-refractivity contribution in [3.63, 3.8) is 0 Å². The van der Waals surface area contributed by atoms with Crippen molar-refractivity contribution in [1.29, 1.82) is 0 Å². The van der Waals surface area contributed by atoms with E-state index in [0.717, 1.165) is 0 Å². The molecule has 0 bridgehead atoms. The number of nitrogens with zero attached hydrogens (tertiary/aromatic N) is 2. The maximum atomic E-state index is 5.52. The Hall–Kier alpha value is -1.64. The Morgan fingerprint density at radius 2 is 2.06 bits per heavy atom. The van der Waals surface area contributed by atoms with Crippen LogP contribution in [-0.4, -0.2) is 43.4 Å². The molecule has 17 heavy (non-hydrogen) atoms. The van der Waals surface area contributed by atoms with Crippen LogP contribution in [0, 0.1) is 0 Å². The molecule has 0 aromatic carbocycles. The molecule has 1 aromatic heterocycles. The average Bonchev–Trinajstić information content (AvgIpc) is 2.33. The summed E-state index contributed by atoms with van der Waals surface area (Å²) in [5, 5.41) is 3.06. The summed E-state index contributed by atoms with van der Waals surface area (Å²) < 4.78 is 10.2. The van der Waals surface area contributed by atoms with Crippen LogP contribution in [0.2, 0.25) is 0 Å². The molecule has 0 aliphatic rings. The predicted molar refractivity (Wildman–Crippen MR) is 65.4 cm³/mol. The molecule has 96 valence electrons. The Labute approximate surface area is 99.7 Å². The van der Waals surface area contributed by atoms with Crippen LogP contribution in [0.3, 0.4) is 0 Å². The van der Waals surface area contributed by atoms with Gasteiger partial charge in [0.2, 0.25) is 5.95 Å². The highest BCUT2D eigenvalue weighted by Crippen LogP contribution is 2.11. The van der Waals surface area contributed by atoms with E-state index in [4.69, 9.17) is 21.1 Å². The molecule has 0 saturated carbocycles. The highest BCUT2D eigenvalue weighted by molar-refractivity contribution is 5.50. The lowest BCUT2D eigenvalue weighted by molar-refractivity contribution is 0.0365. The minimum atomic E-state index is -0.0644. The van der Waals surface area contributed by atoms with Gasteiger partial charge >= 0.3 is 0 Å². The summed E-state index contributed by atoms with van der Waals surface area (Å²) in [5.41, 5.74) is 7.93. The molecule has 0 saturated heterocycles. The zero-order chi connectivity index (χ0) is 12.7. The molecule has 0 radical (unpaired) electrons. The Morgan fingerprint density at radius 1 is 1.35 bits per heavy atom. The minimum Gasteiger partial charge on any atom is -0.382 e. The molecule has 1 rings (SSSR count). The summed E-state index contributed by atoms with van der Waals surface area (Å²) in [6.45, 7) is 1.04. The van der Waals surface area contributed by atoms with E-state index >= 15 is 0 Å². The van der Waals surface area contributed by atoms with E-state index in [1.165, 1.54) is 0 Å². The molecule has 8 heteroatoms. The lowest BCUT2D eigenvalue weighted by Crippen LogP contribution is -2.27. The van der Waals surface area contributed by atoms with Crippen molar-refractivity contribution in [3.05, 3.63) is 6.07 Å². The minimum absolute atomic E-state index is 0.0644. The van der Waals surface area contributed by atoms with Gasteiger partial charge in [-0.1, -0.05) is 0 Å². The van der Waals surface area contributed by atoms with Crippen molar-refractivity contribution >= 4 is 17.6 Å². The molecule has 0 aliphatic carbocycles. The SMILES string of the molecule is COCC(CNc1cc(NN)nc(N)n1)OC. The molecule has 1 aromatic rings. The van der Waals surface area contributed by atoms with Crippen molar-refractivity contribution < 1.29 is 9.47 Å². The third-order valence-corrected chi connectivity index (χ3v) is 2.09. The van der Waals surface area contributed by atoms with E-state index in [9.17, 15) is 0 Å². The fourth-order valence-electron chi connectivity index (χ4n) is 1.24. The second-order valence-electron chi connectivity index (χ2n) is 3.33. The Bertz CT molecular complexity index is 348. The number of methoxy groups -OCH3 is 2. The van der Waals surface area contributed by atoms with E-state index in [1.54, 1.807) is 20.3 Å². The zero-order valence-corrected chi connectivity index (χ0v) is 9.93. The molecule has 8 nitrogen and oxygen atoms in total. The number of nitrogens with two attached hydrogens (primary N) is 2.